The zero-order valence-corrected chi connectivity index (χ0v) is 23.1. The van der Waals surface area contributed by atoms with E-state index in [4.69, 9.17) is 5.73 Å². The summed E-state index contributed by atoms with van der Waals surface area (Å²) in [6.45, 7) is 4.25. The highest BCUT2D eigenvalue weighted by Crippen LogP contribution is 2.34. The van der Waals surface area contributed by atoms with E-state index in [2.05, 4.69) is 38.8 Å². The highest BCUT2D eigenvalue weighted by molar-refractivity contribution is 8.15. The summed E-state index contributed by atoms with van der Waals surface area (Å²) < 4.78 is 40.6. The number of hydrogen-bond acceptors (Lipinski definition) is 6. The first-order valence-corrected chi connectivity index (χ1v) is 13.6. The van der Waals surface area contributed by atoms with Crippen molar-refractivity contribution in [2.75, 3.05) is 10.7 Å². The van der Waals surface area contributed by atoms with Gasteiger partial charge in [-0.3, -0.25) is 9.69 Å². The van der Waals surface area contributed by atoms with Crippen LogP contribution in [0.1, 0.15) is 42.9 Å². The molecule has 1 atom stereocenters. The van der Waals surface area contributed by atoms with Gasteiger partial charge in [-0.1, -0.05) is 68.1 Å². The van der Waals surface area contributed by atoms with Crippen molar-refractivity contribution in [3.05, 3.63) is 89.5 Å². The maximum atomic E-state index is 12.7. The number of halogens is 3. The largest absolute Gasteiger partial charge is 0.573 e. The molecule has 0 aromatic heterocycles. The number of amidine groups is 2. The summed E-state index contributed by atoms with van der Waals surface area (Å²) in [6.07, 6.45) is -1.01. The molecule has 0 radical (unpaired) electrons. The van der Waals surface area contributed by atoms with E-state index in [1.54, 1.807) is 35.4 Å². The Balaban J connectivity index is 1.40. The van der Waals surface area contributed by atoms with Gasteiger partial charge in [-0.15, -0.1) is 18.3 Å². The van der Waals surface area contributed by atoms with Crippen LogP contribution in [0.25, 0.3) is 0 Å². The van der Waals surface area contributed by atoms with E-state index in [-0.39, 0.29) is 17.5 Å². The average molecular weight is 581 g/mol. The Morgan fingerprint density at radius 1 is 1.10 bits per heavy atom. The topological polar surface area (TPSA) is 105 Å². The Labute approximate surface area is 239 Å². The minimum absolute atomic E-state index is 0.0326. The second kappa shape index (κ2) is 13.3. The predicted octanol–water partition coefficient (Wildman–Crippen LogP) is 6.63. The third-order valence-corrected chi connectivity index (χ3v) is 7.03. The van der Waals surface area contributed by atoms with Crippen LogP contribution in [-0.4, -0.2) is 41.6 Å². The van der Waals surface area contributed by atoms with Gasteiger partial charge in [0.25, 0.3) is 0 Å². The maximum Gasteiger partial charge on any atom is 0.573 e. The van der Waals surface area contributed by atoms with Gasteiger partial charge in [0.15, 0.2) is 5.17 Å². The first-order chi connectivity index (χ1) is 19.6. The number of alkyl halides is 3. The lowest BCUT2D eigenvalue weighted by Gasteiger charge is -2.22. The van der Waals surface area contributed by atoms with Crippen LogP contribution in [0.15, 0.2) is 93.0 Å². The molecule has 1 aliphatic heterocycles. The minimum Gasteiger partial charge on any atom is -0.406 e. The van der Waals surface area contributed by atoms with E-state index in [9.17, 15) is 18.0 Å². The van der Waals surface area contributed by atoms with Crippen LogP contribution < -0.4 is 15.4 Å². The zero-order valence-electron chi connectivity index (χ0n) is 22.2. The van der Waals surface area contributed by atoms with Crippen LogP contribution in [-0.2, 0) is 4.79 Å². The number of nitrogens with two attached hydrogens (primary N) is 1. The number of ether oxygens (including phenoxy) is 1. The Bertz CT molecular complexity index is 1490. The van der Waals surface area contributed by atoms with Crippen molar-refractivity contribution < 1.29 is 22.7 Å². The highest BCUT2D eigenvalue weighted by atomic mass is 32.2. The van der Waals surface area contributed by atoms with Gasteiger partial charge in [0.05, 0.1) is 23.3 Å². The lowest BCUT2D eigenvalue weighted by Crippen LogP contribution is -2.30. The molecule has 1 unspecified atom stereocenters. The average Bonchev–Trinajstić information content (AvgIpc) is 3.32. The van der Waals surface area contributed by atoms with Crippen molar-refractivity contribution in [1.82, 2.24) is 0 Å². The van der Waals surface area contributed by atoms with E-state index in [0.29, 0.717) is 28.1 Å². The van der Waals surface area contributed by atoms with Crippen LogP contribution in [0.5, 0.6) is 5.75 Å². The van der Waals surface area contributed by atoms with E-state index < -0.39 is 6.36 Å². The first kappa shape index (κ1) is 29.5. The molecule has 1 saturated heterocycles. The summed E-state index contributed by atoms with van der Waals surface area (Å²) in [7, 11) is 0. The van der Waals surface area contributed by atoms with E-state index >= 15 is 0 Å². The Kier molecular flexibility index (Phi) is 9.56. The van der Waals surface area contributed by atoms with Gasteiger partial charge in [0.2, 0.25) is 5.91 Å². The van der Waals surface area contributed by atoms with Gasteiger partial charge in [0.1, 0.15) is 17.9 Å². The first-order valence-electron chi connectivity index (χ1n) is 12.6. The fourth-order valence-corrected chi connectivity index (χ4v) is 4.67. The van der Waals surface area contributed by atoms with Gasteiger partial charge in [-0.05, 0) is 53.8 Å². The number of aliphatic imine (C=N–C) groups is 2. The molecule has 0 aliphatic carbocycles. The number of rotatable bonds is 9. The summed E-state index contributed by atoms with van der Waals surface area (Å²) in [5.74, 6) is 0.427. The second-order valence-electron chi connectivity index (χ2n) is 8.94. The van der Waals surface area contributed by atoms with Gasteiger partial charge in [-0.25, -0.2) is 9.98 Å². The fraction of sp³-hybridized carbons (Fsp3) is 0.207. The van der Waals surface area contributed by atoms with Gasteiger partial charge in [0, 0.05) is 5.56 Å². The molecular weight excluding hydrogens is 553 g/mol. The molecule has 1 fully saturated rings. The Hall–Kier alpha value is -4.45. The number of nitrogens with zero attached hydrogens (tertiary/aromatic N) is 5. The van der Waals surface area contributed by atoms with E-state index in [1.807, 2.05) is 24.3 Å². The number of hydrogen-bond donors (Lipinski definition) is 1. The van der Waals surface area contributed by atoms with Crippen molar-refractivity contribution >= 4 is 52.6 Å². The van der Waals surface area contributed by atoms with Gasteiger partial charge >= 0.3 is 6.36 Å². The standard InChI is InChI=1S/C29H27F3N6O2S/c1-3-19(2)24-6-4-5-7-25(24)38-26(39)17-41-28(38)37-36-16-20-8-10-21(11-9-20)27(33)35-18-34-22-12-14-23(15-13-22)40-29(30,31)32/h4-16,18-19H,3,17H2,1-2H3,(H2,33,34,35)/b36-16+,37-28+. The summed E-state index contributed by atoms with van der Waals surface area (Å²) in [4.78, 5) is 22.5. The number of benzene rings is 3. The molecule has 41 heavy (non-hydrogen) atoms. The number of carbonyl (C=O) groups excluding carboxylic acids is 1. The molecule has 1 aliphatic rings. The fourth-order valence-electron chi connectivity index (χ4n) is 3.85. The lowest BCUT2D eigenvalue weighted by molar-refractivity contribution is -0.274. The summed E-state index contributed by atoms with van der Waals surface area (Å²) in [6, 6.07) is 20.0. The molecule has 4 rings (SSSR count). The number of para-hydroxylation sites is 1. The van der Waals surface area contributed by atoms with Gasteiger partial charge in [-0.2, -0.15) is 5.10 Å². The smallest absolute Gasteiger partial charge is 0.406 e. The van der Waals surface area contributed by atoms with Crippen LogP contribution in [0.4, 0.5) is 24.5 Å². The van der Waals surface area contributed by atoms with Crippen molar-refractivity contribution in [3.8, 4) is 5.75 Å². The summed E-state index contributed by atoms with van der Waals surface area (Å²) in [5, 5.41) is 9.06. The monoisotopic (exact) mass is 580 g/mol. The quantitative estimate of drug-likeness (QED) is 0.174. The lowest BCUT2D eigenvalue weighted by atomic mass is 9.96. The van der Waals surface area contributed by atoms with Crippen molar-refractivity contribution in [3.63, 3.8) is 0 Å². The molecule has 3 aromatic rings. The number of thioether (sulfide) groups is 1. The third-order valence-electron chi connectivity index (χ3n) is 6.12. The molecule has 0 spiro atoms. The zero-order chi connectivity index (χ0) is 29.4. The van der Waals surface area contributed by atoms with Crippen LogP contribution in [0.3, 0.4) is 0 Å². The van der Waals surface area contributed by atoms with Crippen LogP contribution in [0, 0.1) is 0 Å². The Morgan fingerprint density at radius 2 is 1.80 bits per heavy atom. The normalized spacial score (nSPS) is 16.3. The number of carbonyl (C=O) groups is 1. The molecule has 3 aromatic carbocycles. The molecule has 0 saturated carbocycles. The molecule has 2 N–H and O–H groups in total. The molecule has 1 amide bonds. The summed E-state index contributed by atoms with van der Waals surface area (Å²) in [5.41, 5.74) is 9.74. The molecule has 1 heterocycles. The van der Waals surface area contributed by atoms with Crippen molar-refractivity contribution in [1.29, 1.82) is 0 Å². The van der Waals surface area contributed by atoms with Crippen LogP contribution >= 0.6 is 11.8 Å². The molecule has 0 bridgehead atoms. The van der Waals surface area contributed by atoms with Crippen molar-refractivity contribution in [2.45, 2.75) is 32.5 Å². The summed E-state index contributed by atoms with van der Waals surface area (Å²) >= 11 is 1.35. The maximum absolute atomic E-state index is 12.7. The molecule has 8 nitrogen and oxygen atoms in total. The Morgan fingerprint density at radius 3 is 2.49 bits per heavy atom. The van der Waals surface area contributed by atoms with Crippen molar-refractivity contribution in [2.24, 2.45) is 25.9 Å². The van der Waals surface area contributed by atoms with E-state index in [0.717, 1.165) is 35.4 Å². The SMILES string of the molecule is CCC(C)c1ccccc1N1C(=O)CS/C1=N/N=C/c1ccc(C(N)=NC=Nc2ccc(OC(F)(F)F)cc2)cc1. The molecular formula is C29H27F3N6O2S. The van der Waals surface area contributed by atoms with E-state index in [1.165, 1.54) is 30.2 Å². The molecule has 212 valence electrons. The number of amides is 1. The second-order valence-corrected chi connectivity index (χ2v) is 9.88. The number of anilines is 1. The predicted molar refractivity (Wildman–Crippen MR) is 159 cm³/mol. The third kappa shape index (κ3) is 8.04. The highest BCUT2D eigenvalue weighted by Gasteiger charge is 2.32. The molecule has 12 heteroatoms. The van der Waals surface area contributed by atoms with Crippen LogP contribution in [0.2, 0.25) is 0 Å². The minimum atomic E-state index is -4.75. The van der Waals surface area contributed by atoms with Gasteiger partial charge < -0.3 is 10.5 Å².